The quantitative estimate of drug-likeness (QED) is 0.0685. The van der Waals surface area contributed by atoms with Crippen molar-refractivity contribution < 1.29 is 42.1 Å². The molecule has 12 nitrogen and oxygen atoms in total. The SMILES string of the molecule is CCC(Oc1cc(-c2ccccc2S(C)(=O)=O)ccc1CCN(c1cc(C(N)=NO)ccc1O)S(=O)O)C(=O)O. The van der Waals surface area contributed by atoms with Gasteiger partial charge >= 0.3 is 5.97 Å². The monoisotopic (exact) mass is 591 g/mol. The van der Waals surface area contributed by atoms with Gasteiger partial charge in [0.1, 0.15) is 11.5 Å². The first-order chi connectivity index (χ1) is 18.9. The van der Waals surface area contributed by atoms with Crippen molar-refractivity contribution in [2.24, 2.45) is 10.9 Å². The molecule has 0 fully saturated rings. The Labute approximate surface area is 233 Å². The minimum Gasteiger partial charge on any atom is -0.506 e. The van der Waals surface area contributed by atoms with Gasteiger partial charge in [-0.3, -0.25) is 8.86 Å². The number of hydrogen-bond donors (Lipinski definition) is 5. The Morgan fingerprint density at radius 1 is 1.15 bits per heavy atom. The Morgan fingerprint density at radius 3 is 2.45 bits per heavy atom. The van der Waals surface area contributed by atoms with E-state index in [1.807, 2.05) is 0 Å². The van der Waals surface area contributed by atoms with Crippen LogP contribution in [0.3, 0.4) is 0 Å². The molecule has 3 aromatic carbocycles. The van der Waals surface area contributed by atoms with Crippen LogP contribution in [0.4, 0.5) is 5.69 Å². The molecule has 3 rings (SSSR count). The van der Waals surface area contributed by atoms with Gasteiger partial charge in [-0.1, -0.05) is 42.4 Å². The van der Waals surface area contributed by atoms with Crippen LogP contribution < -0.4 is 14.8 Å². The van der Waals surface area contributed by atoms with Crippen molar-refractivity contribution in [3.05, 3.63) is 71.8 Å². The minimum absolute atomic E-state index is 0.0545. The maximum absolute atomic E-state index is 12.4. The zero-order valence-corrected chi connectivity index (χ0v) is 23.2. The van der Waals surface area contributed by atoms with E-state index in [1.54, 1.807) is 37.3 Å². The van der Waals surface area contributed by atoms with Crippen LogP contribution in [0.2, 0.25) is 0 Å². The number of phenols is 1. The lowest BCUT2D eigenvalue weighted by Crippen LogP contribution is -2.29. The first-order valence-electron chi connectivity index (χ1n) is 11.9. The fraction of sp³-hybridized carbons (Fsp3) is 0.231. The van der Waals surface area contributed by atoms with Gasteiger partial charge in [-0.15, -0.1) is 0 Å². The highest BCUT2D eigenvalue weighted by molar-refractivity contribution is 7.90. The molecule has 0 aromatic heterocycles. The van der Waals surface area contributed by atoms with Gasteiger partial charge in [0.2, 0.25) is 0 Å². The molecule has 0 saturated carbocycles. The largest absolute Gasteiger partial charge is 0.506 e. The smallest absolute Gasteiger partial charge is 0.344 e. The normalized spacial score (nSPS) is 13.4. The Kier molecular flexibility index (Phi) is 9.74. The zero-order chi connectivity index (χ0) is 29.6. The lowest BCUT2D eigenvalue weighted by atomic mass is 10.0. The van der Waals surface area contributed by atoms with Crippen LogP contribution in [0.15, 0.2) is 70.7 Å². The highest BCUT2D eigenvalue weighted by atomic mass is 32.2. The van der Waals surface area contributed by atoms with Crippen LogP contribution in [-0.2, 0) is 32.3 Å². The van der Waals surface area contributed by atoms with Crippen molar-refractivity contribution in [3.8, 4) is 22.6 Å². The van der Waals surface area contributed by atoms with Crippen LogP contribution in [0, 0.1) is 0 Å². The van der Waals surface area contributed by atoms with E-state index in [1.165, 1.54) is 30.3 Å². The van der Waals surface area contributed by atoms with E-state index in [0.29, 0.717) is 16.7 Å². The number of phenolic OH excluding ortho intramolecular Hbond substituents is 1. The number of carboxylic acid groups (broad SMARTS) is 1. The molecule has 40 heavy (non-hydrogen) atoms. The van der Waals surface area contributed by atoms with Gasteiger partial charge in [-0.2, -0.15) is 0 Å². The average molecular weight is 592 g/mol. The first-order valence-corrected chi connectivity index (χ1v) is 14.8. The van der Waals surface area contributed by atoms with Gasteiger partial charge in [0.15, 0.2) is 21.8 Å². The van der Waals surface area contributed by atoms with Crippen LogP contribution >= 0.6 is 0 Å². The van der Waals surface area contributed by atoms with Gasteiger partial charge in [0.05, 0.1) is 10.6 Å². The van der Waals surface area contributed by atoms with Crippen LogP contribution in [-0.4, -0.2) is 63.3 Å². The number of sulfone groups is 1. The number of ether oxygens (including phenoxy) is 1. The molecule has 14 heteroatoms. The summed E-state index contributed by atoms with van der Waals surface area (Å²) in [6.07, 6.45) is 0.0752. The number of nitrogens with zero attached hydrogens (tertiary/aromatic N) is 2. The van der Waals surface area contributed by atoms with Crippen molar-refractivity contribution in [2.75, 3.05) is 17.1 Å². The topological polar surface area (TPSA) is 200 Å². The number of benzene rings is 3. The number of carbonyl (C=O) groups is 1. The van der Waals surface area contributed by atoms with Crippen LogP contribution in [0.5, 0.6) is 11.5 Å². The molecule has 0 radical (unpaired) electrons. The summed E-state index contributed by atoms with van der Waals surface area (Å²) in [5, 5.41) is 31.8. The number of oxime groups is 1. The van der Waals surface area contributed by atoms with Crippen molar-refractivity contribution in [1.82, 2.24) is 0 Å². The predicted molar refractivity (Wildman–Crippen MR) is 150 cm³/mol. The molecule has 0 heterocycles. The fourth-order valence-electron chi connectivity index (χ4n) is 3.97. The van der Waals surface area contributed by atoms with Gasteiger partial charge in [0.25, 0.3) is 11.3 Å². The Morgan fingerprint density at radius 2 is 1.85 bits per heavy atom. The molecule has 3 aromatic rings. The molecule has 6 N–H and O–H groups in total. The predicted octanol–water partition coefficient (Wildman–Crippen LogP) is 2.98. The number of nitrogens with two attached hydrogens (primary N) is 1. The van der Waals surface area contributed by atoms with Crippen molar-refractivity contribution in [1.29, 1.82) is 0 Å². The third-order valence-electron chi connectivity index (χ3n) is 6.00. The van der Waals surface area contributed by atoms with E-state index < -0.39 is 33.2 Å². The lowest BCUT2D eigenvalue weighted by Gasteiger charge is -2.23. The second-order valence-electron chi connectivity index (χ2n) is 8.72. The second-order valence-corrected chi connectivity index (χ2v) is 11.6. The number of anilines is 1. The average Bonchev–Trinajstić information content (AvgIpc) is 2.91. The molecule has 0 saturated heterocycles. The summed E-state index contributed by atoms with van der Waals surface area (Å²) in [6, 6.07) is 15.0. The number of aliphatic carboxylic acids is 1. The second kappa shape index (κ2) is 12.8. The van der Waals surface area contributed by atoms with Crippen molar-refractivity contribution in [2.45, 2.75) is 30.8 Å². The molecular weight excluding hydrogens is 562 g/mol. The van der Waals surface area contributed by atoms with E-state index in [9.17, 15) is 32.2 Å². The molecular formula is C26H29N3O9S2. The fourth-order valence-corrected chi connectivity index (χ4v) is 5.45. The van der Waals surface area contributed by atoms with Gasteiger partial charge < -0.3 is 25.9 Å². The highest BCUT2D eigenvalue weighted by Gasteiger charge is 2.23. The van der Waals surface area contributed by atoms with E-state index in [0.717, 1.165) is 10.6 Å². The summed E-state index contributed by atoms with van der Waals surface area (Å²) in [6.45, 7) is 1.49. The number of rotatable bonds is 12. The summed E-state index contributed by atoms with van der Waals surface area (Å²) in [5.41, 5.74) is 7.06. The Hall–Kier alpha value is -4.14. The maximum Gasteiger partial charge on any atom is 0.344 e. The summed E-state index contributed by atoms with van der Waals surface area (Å²) in [4.78, 5) is 11.8. The molecule has 0 amide bonds. The van der Waals surface area contributed by atoms with E-state index >= 15 is 0 Å². The third-order valence-corrected chi connectivity index (χ3v) is 7.91. The molecule has 0 aliphatic rings. The first kappa shape index (κ1) is 30.4. The molecule has 0 aliphatic heterocycles. The summed E-state index contributed by atoms with van der Waals surface area (Å²) < 4.78 is 53.7. The lowest BCUT2D eigenvalue weighted by molar-refractivity contribution is -0.145. The third kappa shape index (κ3) is 7.08. The molecule has 0 bridgehead atoms. The Bertz CT molecular complexity index is 1560. The van der Waals surface area contributed by atoms with E-state index in [2.05, 4.69) is 5.16 Å². The van der Waals surface area contributed by atoms with Crippen molar-refractivity contribution >= 4 is 38.6 Å². The van der Waals surface area contributed by atoms with E-state index in [4.69, 9.17) is 15.7 Å². The molecule has 2 atom stereocenters. The zero-order valence-electron chi connectivity index (χ0n) is 21.6. The van der Waals surface area contributed by atoms with Gasteiger partial charge in [-0.25, -0.2) is 17.4 Å². The summed E-state index contributed by atoms with van der Waals surface area (Å²) >= 11 is -2.61. The standard InChI is InChI=1S/C26H29N3O9S2/c1-3-22(26(31)32)38-23-15-17(19-6-4-5-7-24(19)40(2,36)37)9-8-16(23)12-13-29(39(34)35)20-14-18(25(27)28-33)10-11-21(20)30/h4-11,14-15,22,30,33H,3,12-13H2,1-2H3,(H2,27,28)(H,31,32)(H,34,35). The summed E-state index contributed by atoms with van der Waals surface area (Å²) in [5.74, 6) is -1.66. The van der Waals surface area contributed by atoms with Crippen LogP contribution in [0.25, 0.3) is 11.1 Å². The van der Waals surface area contributed by atoms with Crippen LogP contribution in [0.1, 0.15) is 24.5 Å². The summed E-state index contributed by atoms with van der Waals surface area (Å²) in [7, 11) is -3.58. The molecule has 0 aliphatic carbocycles. The number of aromatic hydroxyl groups is 1. The van der Waals surface area contributed by atoms with Crippen molar-refractivity contribution in [3.63, 3.8) is 0 Å². The van der Waals surface area contributed by atoms with E-state index in [-0.39, 0.29) is 52.9 Å². The molecule has 0 spiro atoms. The number of carboxylic acids is 1. The van der Waals surface area contributed by atoms with Gasteiger partial charge in [0, 0.05) is 23.9 Å². The number of amidine groups is 1. The highest BCUT2D eigenvalue weighted by Crippen LogP contribution is 2.34. The molecule has 2 unspecified atom stereocenters. The minimum atomic E-state index is -3.58. The molecule has 214 valence electrons. The maximum atomic E-state index is 12.4. The Balaban J connectivity index is 2.05. The number of hydrogen-bond acceptors (Lipinski definition) is 8. The van der Waals surface area contributed by atoms with Gasteiger partial charge in [-0.05, 0) is 54.3 Å².